The van der Waals surface area contributed by atoms with Gasteiger partial charge in [0.2, 0.25) is 0 Å². The number of carbonyl (C=O) groups is 1. The molecule has 3 rings (SSSR count). The third-order valence-corrected chi connectivity index (χ3v) is 4.22. The first-order valence-corrected chi connectivity index (χ1v) is 7.72. The van der Waals surface area contributed by atoms with Crippen LogP contribution in [0, 0.1) is 0 Å². The number of hydrogen-bond acceptors (Lipinski definition) is 4. The predicted octanol–water partition coefficient (Wildman–Crippen LogP) is 3.19. The molecule has 1 aliphatic heterocycles. The molecule has 1 aliphatic rings. The SMILES string of the molecule is CCC1=NN(C(=O)c2ccccc2Cl)[C@](O)(c2ccncc2)C1. The maximum Gasteiger partial charge on any atom is 0.278 e. The standard InChI is InChI=1S/C17H16ClN3O2/c1-2-13-11-17(23,12-7-9-19-10-8-12)21(20-13)16(22)14-5-3-4-6-15(14)18/h3-10,23H,2,11H2,1H3/t17-/m1/s1. The fourth-order valence-electron chi connectivity index (χ4n) is 2.62. The molecule has 1 N–H and O–H groups in total. The summed E-state index contributed by atoms with van der Waals surface area (Å²) in [7, 11) is 0. The van der Waals surface area contributed by atoms with Crippen molar-refractivity contribution in [1.82, 2.24) is 9.99 Å². The molecule has 23 heavy (non-hydrogen) atoms. The summed E-state index contributed by atoms with van der Waals surface area (Å²) >= 11 is 6.12. The molecule has 0 saturated carbocycles. The van der Waals surface area contributed by atoms with Crippen molar-refractivity contribution in [1.29, 1.82) is 0 Å². The van der Waals surface area contributed by atoms with Crippen LogP contribution in [0.4, 0.5) is 0 Å². The number of carbonyl (C=O) groups excluding carboxylic acids is 1. The number of hydrazone groups is 1. The van der Waals surface area contributed by atoms with E-state index in [1.54, 1.807) is 48.8 Å². The Balaban J connectivity index is 2.05. The molecule has 6 heteroatoms. The van der Waals surface area contributed by atoms with E-state index in [4.69, 9.17) is 11.6 Å². The first-order chi connectivity index (χ1) is 11.1. The molecule has 0 spiro atoms. The average Bonchev–Trinajstić information content (AvgIpc) is 2.94. The number of halogens is 1. The van der Waals surface area contributed by atoms with Crippen LogP contribution in [0.25, 0.3) is 0 Å². The van der Waals surface area contributed by atoms with Gasteiger partial charge in [-0.3, -0.25) is 9.78 Å². The molecule has 5 nitrogen and oxygen atoms in total. The monoisotopic (exact) mass is 329 g/mol. The minimum Gasteiger partial charge on any atom is -0.365 e. The Hall–Kier alpha value is -2.24. The zero-order valence-electron chi connectivity index (χ0n) is 12.6. The van der Waals surface area contributed by atoms with E-state index in [0.717, 1.165) is 10.7 Å². The Labute approximate surface area is 139 Å². The highest BCUT2D eigenvalue weighted by atomic mass is 35.5. The van der Waals surface area contributed by atoms with Crippen molar-refractivity contribution in [2.45, 2.75) is 25.5 Å². The van der Waals surface area contributed by atoms with Gasteiger partial charge in [0, 0.05) is 30.1 Å². The lowest BCUT2D eigenvalue weighted by atomic mass is 9.97. The molecule has 0 unspecified atom stereocenters. The van der Waals surface area contributed by atoms with Gasteiger partial charge in [-0.2, -0.15) is 10.1 Å². The second-order valence-corrected chi connectivity index (χ2v) is 5.75. The average molecular weight is 330 g/mol. The maximum absolute atomic E-state index is 12.9. The van der Waals surface area contributed by atoms with Crippen LogP contribution < -0.4 is 0 Å². The molecule has 0 aliphatic carbocycles. The molecule has 0 saturated heterocycles. The topological polar surface area (TPSA) is 65.8 Å². The number of benzene rings is 1. The van der Waals surface area contributed by atoms with E-state index < -0.39 is 11.6 Å². The number of aromatic nitrogens is 1. The Bertz CT molecular complexity index is 763. The molecule has 0 bridgehead atoms. The van der Waals surface area contributed by atoms with Crippen LogP contribution in [0.15, 0.2) is 53.9 Å². The number of aliphatic hydroxyl groups is 1. The van der Waals surface area contributed by atoms with Crippen LogP contribution in [0.1, 0.15) is 35.7 Å². The van der Waals surface area contributed by atoms with Crippen molar-refractivity contribution in [3.63, 3.8) is 0 Å². The molecule has 1 atom stereocenters. The van der Waals surface area contributed by atoms with Crippen molar-refractivity contribution in [2.75, 3.05) is 0 Å². The second kappa shape index (κ2) is 6.10. The maximum atomic E-state index is 12.9. The Morgan fingerprint density at radius 1 is 1.30 bits per heavy atom. The molecular formula is C17H16ClN3O2. The van der Waals surface area contributed by atoms with Gasteiger partial charge in [-0.05, 0) is 30.7 Å². The number of nitrogens with zero attached hydrogens (tertiary/aromatic N) is 3. The highest BCUT2D eigenvalue weighted by Gasteiger charge is 2.46. The van der Waals surface area contributed by atoms with E-state index >= 15 is 0 Å². The van der Waals surface area contributed by atoms with Gasteiger partial charge in [-0.1, -0.05) is 30.7 Å². The summed E-state index contributed by atoms with van der Waals surface area (Å²) in [5, 5.41) is 16.9. The van der Waals surface area contributed by atoms with Crippen molar-refractivity contribution in [3.8, 4) is 0 Å². The largest absolute Gasteiger partial charge is 0.365 e. The molecule has 0 fully saturated rings. The molecule has 1 amide bonds. The first kappa shape index (κ1) is 15.6. The van der Waals surface area contributed by atoms with Gasteiger partial charge in [0.05, 0.1) is 10.6 Å². The second-order valence-electron chi connectivity index (χ2n) is 5.35. The summed E-state index contributed by atoms with van der Waals surface area (Å²) in [6, 6.07) is 10.1. The molecule has 2 aromatic rings. The zero-order chi connectivity index (χ0) is 16.4. The highest BCUT2D eigenvalue weighted by molar-refractivity contribution is 6.33. The van der Waals surface area contributed by atoms with Gasteiger partial charge in [0.1, 0.15) is 0 Å². The predicted molar refractivity (Wildman–Crippen MR) is 88.1 cm³/mol. The Morgan fingerprint density at radius 3 is 2.65 bits per heavy atom. The molecule has 118 valence electrons. The van der Waals surface area contributed by atoms with E-state index in [9.17, 15) is 9.90 Å². The normalized spacial score (nSPS) is 20.5. The third-order valence-electron chi connectivity index (χ3n) is 3.89. The van der Waals surface area contributed by atoms with Gasteiger partial charge < -0.3 is 5.11 Å². The lowest BCUT2D eigenvalue weighted by Gasteiger charge is -2.31. The fraction of sp³-hybridized carbons (Fsp3) is 0.235. The number of pyridine rings is 1. The van der Waals surface area contributed by atoms with E-state index in [1.807, 2.05) is 6.92 Å². The number of amides is 1. The minimum absolute atomic E-state index is 0.268. The molecular weight excluding hydrogens is 314 g/mol. The number of hydrogen-bond donors (Lipinski definition) is 1. The van der Waals surface area contributed by atoms with Crippen molar-refractivity contribution >= 4 is 23.2 Å². The summed E-state index contributed by atoms with van der Waals surface area (Å²) in [4.78, 5) is 16.8. The summed E-state index contributed by atoms with van der Waals surface area (Å²) in [6.07, 6.45) is 4.08. The highest BCUT2D eigenvalue weighted by Crippen LogP contribution is 2.37. The van der Waals surface area contributed by atoms with Crippen molar-refractivity contribution in [2.24, 2.45) is 5.10 Å². The zero-order valence-corrected chi connectivity index (χ0v) is 13.4. The smallest absolute Gasteiger partial charge is 0.278 e. The molecule has 1 aromatic heterocycles. The lowest BCUT2D eigenvalue weighted by molar-refractivity contribution is -0.0766. The van der Waals surface area contributed by atoms with Gasteiger partial charge in [-0.25, -0.2) is 0 Å². The van der Waals surface area contributed by atoms with Crippen LogP contribution in [0.5, 0.6) is 0 Å². The van der Waals surface area contributed by atoms with E-state index in [1.165, 1.54) is 0 Å². The van der Waals surface area contributed by atoms with Crippen LogP contribution in [0.3, 0.4) is 0 Å². The number of rotatable bonds is 3. The van der Waals surface area contributed by atoms with Gasteiger partial charge in [0.15, 0.2) is 5.72 Å². The Morgan fingerprint density at radius 2 is 2.00 bits per heavy atom. The van der Waals surface area contributed by atoms with Gasteiger partial charge in [0.25, 0.3) is 5.91 Å². The summed E-state index contributed by atoms with van der Waals surface area (Å²) in [5.74, 6) is -0.432. The van der Waals surface area contributed by atoms with Gasteiger partial charge in [-0.15, -0.1) is 0 Å². The summed E-state index contributed by atoms with van der Waals surface area (Å²) < 4.78 is 0. The third kappa shape index (κ3) is 2.73. The van der Waals surface area contributed by atoms with Crippen molar-refractivity contribution < 1.29 is 9.90 Å². The molecule has 0 radical (unpaired) electrons. The van der Waals surface area contributed by atoms with Crippen molar-refractivity contribution in [3.05, 3.63) is 64.9 Å². The van der Waals surface area contributed by atoms with Gasteiger partial charge >= 0.3 is 0 Å². The van der Waals surface area contributed by atoms with Crippen LogP contribution in [0.2, 0.25) is 5.02 Å². The minimum atomic E-state index is -1.52. The van der Waals surface area contributed by atoms with Crippen LogP contribution >= 0.6 is 11.6 Å². The molecule has 1 aromatic carbocycles. The van der Waals surface area contributed by atoms with E-state index in [0.29, 0.717) is 22.6 Å². The van der Waals surface area contributed by atoms with E-state index in [-0.39, 0.29) is 6.42 Å². The van der Waals surface area contributed by atoms with Crippen LogP contribution in [-0.4, -0.2) is 26.7 Å². The quantitative estimate of drug-likeness (QED) is 0.940. The molecule has 2 heterocycles. The fourth-order valence-corrected chi connectivity index (χ4v) is 2.84. The summed E-state index contributed by atoms with van der Waals surface area (Å²) in [6.45, 7) is 1.94. The first-order valence-electron chi connectivity index (χ1n) is 7.34. The summed E-state index contributed by atoms with van der Waals surface area (Å²) in [5.41, 5.74) is 0.109. The van der Waals surface area contributed by atoms with Crippen LogP contribution in [-0.2, 0) is 5.72 Å². The van der Waals surface area contributed by atoms with E-state index in [2.05, 4.69) is 10.1 Å². The lowest BCUT2D eigenvalue weighted by Crippen LogP contribution is -2.43. The Kier molecular flexibility index (Phi) is 4.15.